The van der Waals surface area contributed by atoms with Gasteiger partial charge in [-0.3, -0.25) is 4.79 Å². The maximum atomic E-state index is 11.1. The fourth-order valence-electron chi connectivity index (χ4n) is 0.908. The van der Waals surface area contributed by atoms with Gasteiger partial charge in [-0.25, -0.2) is 0 Å². The van der Waals surface area contributed by atoms with Crippen molar-refractivity contribution in [3.05, 3.63) is 0 Å². The average Bonchev–Trinajstić information content (AvgIpc) is 2.01. The first-order valence-electron chi connectivity index (χ1n) is 3.78. The Labute approximate surface area is 78.0 Å². The van der Waals surface area contributed by atoms with E-state index in [0.717, 1.165) is 5.75 Å². The summed E-state index contributed by atoms with van der Waals surface area (Å²) < 4.78 is 4.57. The van der Waals surface area contributed by atoms with Gasteiger partial charge in [0.1, 0.15) is 6.04 Å². The molecule has 3 nitrogen and oxygen atoms in total. The molecule has 0 aliphatic carbocycles. The topological polar surface area (TPSA) is 52.3 Å². The number of carbonyl (C=O) groups is 1. The van der Waals surface area contributed by atoms with Crippen molar-refractivity contribution >= 4 is 17.7 Å². The van der Waals surface area contributed by atoms with E-state index in [4.69, 9.17) is 5.73 Å². The molecule has 0 rings (SSSR count). The molecule has 0 amide bonds. The van der Waals surface area contributed by atoms with Crippen LogP contribution in [0.1, 0.15) is 13.8 Å². The SMILES string of the molecule is COC(=O)C(N)C(C)(C)CSC. The van der Waals surface area contributed by atoms with Gasteiger partial charge in [0, 0.05) is 5.75 Å². The van der Waals surface area contributed by atoms with E-state index in [-0.39, 0.29) is 11.4 Å². The van der Waals surface area contributed by atoms with Gasteiger partial charge in [0.05, 0.1) is 7.11 Å². The number of thioether (sulfide) groups is 1. The highest BCUT2D eigenvalue weighted by molar-refractivity contribution is 7.98. The lowest BCUT2D eigenvalue weighted by atomic mass is 9.87. The Morgan fingerprint density at radius 1 is 1.67 bits per heavy atom. The summed E-state index contributed by atoms with van der Waals surface area (Å²) in [4.78, 5) is 11.1. The Bertz CT molecular complexity index is 159. The molecule has 0 spiro atoms. The highest BCUT2D eigenvalue weighted by atomic mass is 32.2. The van der Waals surface area contributed by atoms with Crippen LogP contribution in [0.4, 0.5) is 0 Å². The average molecular weight is 191 g/mol. The van der Waals surface area contributed by atoms with Crippen LogP contribution in [0.15, 0.2) is 0 Å². The molecule has 0 aromatic carbocycles. The van der Waals surface area contributed by atoms with Gasteiger partial charge in [0.2, 0.25) is 0 Å². The lowest BCUT2D eigenvalue weighted by Gasteiger charge is -2.28. The summed E-state index contributed by atoms with van der Waals surface area (Å²) in [5, 5.41) is 0. The molecule has 0 radical (unpaired) electrons. The minimum absolute atomic E-state index is 0.202. The van der Waals surface area contributed by atoms with E-state index < -0.39 is 6.04 Å². The zero-order valence-corrected chi connectivity index (χ0v) is 8.90. The molecule has 1 atom stereocenters. The summed E-state index contributed by atoms with van der Waals surface area (Å²) in [5.41, 5.74) is 5.50. The summed E-state index contributed by atoms with van der Waals surface area (Å²) in [6, 6.07) is -0.532. The van der Waals surface area contributed by atoms with Gasteiger partial charge in [-0.15, -0.1) is 0 Å². The first-order chi connectivity index (χ1) is 5.45. The summed E-state index contributed by atoms with van der Waals surface area (Å²) >= 11 is 1.68. The van der Waals surface area contributed by atoms with Gasteiger partial charge in [-0.1, -0.05) is 13.8 Å². The number of esters is 1. The van der Waals surface area contributed by atoms with E-state index in [1.165, 1.54) is 7.11 Å². The quantitative estimate of drug-likeness (QED) is 0.670. The first-order valence-corrected chi connectivity index (χ1v) is 5.17. The molecule has 2 N–H and O–H groups in total. The maximum Gasteiger partial charge on any atom is 0.323 e. The zero-order valence-electron chi connectivity index (χ0n) is 8.09. The molecule has 72 valence electrons. The van der Waals surface area contributed by atoms with Crippen LogP contribution in [0.2, 0.25) is 0 Å². The zero-order chi connectivity index (χ0) is 9.78. The van der Waals surface area contributed by atoms with E-state index in [9.17, 15) is 4.79 Å². The van der Waals surface area contributed by atoms with Gasteiger partial charge in [0.25, 0.3) is 0 Å². The minimum Gasteiger partial charge on any atom is -0.468 e. The standard InChI is InChI=1S/C8H17NO2S/c1-8(2,5-12-4)6(9)7(10)11-3/h6H,5,9H2,1-4H3. The second-order valence-corrected chi connectivity index (χ2v) is 4.29. The third kappa shape index (κ3) is 3.03. The monoisotopic (exact) mass is 191 g/mol. The van der Waals surface area contributed by atoms with Crippen molar-refractivity contribution < 1.29 is 9.53 Å². The van der Waals surface area contributed by atoms with Gasteiger partial charge in [-0.2, -0.15) is 11.8 Å². The normalized spacial score (nSPS) is 14.1. The highest BCUT2D eigenvalue weighted by Gasteiger charge is 2.32. The van der Waals surface area contributed by atoms with Crippen LogP contribution >= 0.6 is 11.8 Å². The Kier molecular flexibility index (Phi) is 4.63. The van der Waals surface area contributed by atoms with Crippen molar-refractivity contribution in [3.63, 3.8) is 0 Å². The molecular weight excluding hydrogens is 174 g/mol. The third-order valence-electron chi connectivity index (χ3n) is 1.81. The number of ether oxygens (including phenoxy) is 1. The van der Waals surface area contributed by atoms with Crippen LogP contribution in [0.25, 0.3) is 0 Å². The predicted octanol–water partition coefficient (Wildman–Crippen LogP) is 0.876. The molecule has 0 heterocycles. The second-order valence-electron chi connectivity index (χ2n) is 3.42. The van der Waals surface area contributed by atoms with Gasteiger partial charge in [-0.05, 0) is 11.7 Å². The number of nitrogens with two attached hydrogens (primary N) is 1. The summed E-state index contributed by atoms with van der Waals surface area (Å²) in [5.74, 6) is 0.512. The van der Waals surface area contributed by atoms with Gasteiger partial charge >= 0.3 is 5.97 Å². The van der Waals surface area contributed by atoms with Crippen molar-refractivity contribution in [2.24, 2.45) is 11.1 Å². The molecular formula is C8H17NO2S. The number of carbonyl (C=O) groups excluding carboxylic acids is 1. The minimum atomic E-state index is -0.532. The molecule has 0 aromatic heterocycles. The molecule has 0 saturated carbocycles. The maximum absolute atomic E-state index is 11.1. The van der Waals surface area contributed by atoms with Crippen molar-refractivity contribution in [2.45, 2.75) is 19.9 Å². The Morgan fingerprint density at radius 2 is 2.17 bits per heavy atom. The van der Waals surface area contributed by atoms with E-state index >= 15 is 0 Å². The van der Waals surface area contributed by atoms with Crippen LogP contribution in [0.3, 0.4) is 0 Å². The Balaban J connectivity index is 4.23. The molecule has 0 bridgehead atoms. The lowest BCUT2D eigenvalue weighted by molar-refractivity contribution is -0.144. The van der Waals surface area contributed by atoms with Crippen LogP contribution < -0.4 is 5.73 Å². The van der Waals surface area contributed by atoms with Gasteiger partial charge < -0.3 is 10.5 Å². The molecule has 0 saturated heterocycles. The molecule has 4 heteroatoms. The summed E-state index contributed by atoms with van der Waals surface area (Å²) in [6.45, 7) is 3.93. The first kappa shape index (κ1) is 11.8. The van der Waals surface area contributed by atoms with Crippen molar-refractivity contribution in [1.82, 2.24) is 0 Å². The third-order valence-corrected chi connectivity index (χ3v) is 2.85. The number of methoxy groups -OCH3 is 1. The molecule has 1 unspecified atom stereocenters. The Morgan fingerprint density at radius 3 is 2.50 bits per heavy atom. The van der Waals surface area contributed by atoms with E-state index in [1.54, 1.807) is 11.8 Å². The van der Waals surface area contributed by atoms with E-state index in [1.807, 2.05) is 20.1 Å². The predicted molar refractivity (Wildman–Crippen MR) is 52.2 cm³/mol. The van der Waals surface area contributed by atoms with Crippen LogP contribution in [0.5, 0.6) is 0 Å². The van der Waals surface area contributed by atoms with Crippen molar-refractivity contribution in [2.75, 3.05) is 19.1 Å². The highest BCUT2D eigenvalue weighted by Crippen LogP contribution is 2.24. The summed E-state index contributed by atoms with van der Waals surface area (Å²) in [7, 11) is 1.36. The fourth-order valence-corrected chi connectivity index (χ4v) is 1.83. The van der Waals surface area contributed by atoms with Crippen LogP contribution in [-0.2, 0) is 9.53 Å². The van der Waals surface area contributed by atoms with E-state index in [2.05, 4.69) is 4.74 Å². The van der Waals surface area contributed by atoms with Crippen LogP contribution in [-0.4, -0.2) is 31.1 Å². The van der Waals surface area contributed by atoms with E-state index in [0.29, 0.717) is 0 Å². The molecule has 0 aliphatic heterocycles. The summed E-state index contributed by atoms with van der Waals surface area (Å²) in [6.07, 6.45) is 1.99. The number of hydrogen-bond acceptors (Lipinski definition) is 4. The smallest absolute Gasteiger partial charge is 0.323 e. The van der Waals surface area contributed by atoms with Crippen LogP contribution in [0, 0.1) is 5.41 Å². The lowest BCUT2D eigenvalue weighted by Crippen LogP contribution is -2.46. The van der Waals surface area contributed by atoms with Crippen molar-refractivity contribution in [1.29, 1.82) is 0 Å². The number of hydrogen-bond donors (Lipinski definition) is 1. The second kappa shape index (κ2) is 4.72. The molecule has 12 heavy (non-hydrogen) atoms. The van der Waals surface area contributed by atoms with Gasteiger partial charge in [0.15, 0.2) is 0 Å². The molecule has 0 aliphatic rings. The number of rotatable bonds is 4. The molecule has 0 aromatic rings. The molecule has 0 fully saturated rings. The largest absolute Gasteiger partial charge is 0.468 e. The Hall–Kier alpha value is -0.220. The fraction of sp³-hybridized carbons (Fsp3) is 0.875. The van der Waals surface area contributed by atoms with Crippen molar-refractivity contribution in [3.8, 4) is 0 Å².